The number of hydrogen-bond donors (Lipinski definition) is 2. The smallest absolute Gasteiger partial charge is 0.333 e. The average Bonchev–Trinajstić information content (AvgIpc) is 3.59. The maximum Gasteiger partial charge on any atom is 0.333 e. The fraction of sp³-hybridized carbons (Fsp3) is 0.467. The van der Waals surface area contributed by atoms with Gasteiger partial charge in [-0.2, -0.15) is 0 Å². The minimum absolute atomic E-state index is 0.0777. The number of nitrogens with zero attached hydrogens (tertiary/aromatic N) is 3. The Kier molecular flexibility index (Phi) is 8.13. The van der Waals surface area contributed by atoms with Gasteiger partial charge in [-0.25, -0.2) is 18.7 Å². The Morgan fingerprint density at radius 3 is 2.62 bits per heavy atom. The highest BCUT2D eigenvalue weighted by atomic mass is 32.1. The van der Waals surface area contributed by atoms with Crippen molar-refractivity contribution in [3.05, 3.63) is 68.4 Å². The van der Waals surface area contributed by atoms with Crippen LogP contribution in [-0.2, 0) is 16.9 Å². The summed E-state index contributed by atoms with van der Waals surface area (Å²) in [6.07, 6.45) is 6.10. The standard InChI is InChI=1S/C30H35FN4O6S/c1-16-23-26(37)35(30(2,3)28(32)38)29(39)34(27(23)42-24(16)25-33-11-12-41-25)15-18(13-17-5-8-20(36)9-6-17)21-14-19(31)7-10-22(21)40-4/h7,10-12,14,17-18,20,36H,5-6,8-9,13,15H2,1-4H3,(H2,32,38)/t17?,18-,20?/m0/s1. The van der Waals surface area contributed by atoms with Gasteiger partial charge in [0.1, 0.15) is 28.2 Å². The number of benzene rings is 1. The highest BCUT2D eigenvalue weighted by Crippen LogP contribution is 2.40. The number of aliphatic hydroxyl groups is 1. The van der Waals surface area contributed by atoms with Crippen LogP contribution in [0.4, 0.5) is 4.39 Å². The van der Waals surface area contributed by atoms with Crippen LogP contribution in [0.3, 0.4) is 0 Å². The molecule has 1 aromatic carbocycles. The van der Waals surface area contributed by atoms with Gasteiger partial charge in [0, 0.05) is 18.0 Å². The summed E-state index contributed by atoms with van der Waals surface area (Å²) in [5.74, 6) is -0.666. The summed E-state index contributed by atoms with van der Waals surface area (Å²) < 4.78 is 28.2. The van der Waals surface area contributed by atoms with Gasteiger partial charge < -0.3 is 20.0 Å². The molecule has 1 saturated carbocycles. The molecule has 0 saturated heterocycles. The number of methoxy groups -OCH3 is 1. The SMILES string of the molecule is COc1ccc(F)cc1[C@@H](CC1CCC(O)CC1)Cn1c(=O)n(C(C)(C)C(N)=O)c(=O)c2c(C)c(-c3ncco3)sc21. The number of aryl methyl sites for hydroxylation is 1. The molecule has 12 heteroatoms. The van der Waals surface area contributed by atoms with Crippen LogP contribution in [0.2, 0.25) is 0 Å². The molecule has 5 rings (SSSR count). The van der Waals surface area contributed by atoms with Gasteiger partial charge in [-0.05, 0) is 82.6 Å². The fourth-order valence-corrected chi connectivity index (χ4v) is 7.22. The highest BCUT2D eigenvalue weighted by molar-refractivity contribution is 7.22. The second-order valence-electron chi connectivity index (χ2n) is 11.5. The summed E-state index contributed by atoms with van der Waals surface area (Å²) in [6, 6.07) is 4.31. The topological polar surface area (TPSA) is 143 Å². The first-order valence-corrected chi connectivity index (χ1v) is 14.8. The molecule has 1 amide bonds. The molecule has 0 bridgehead atoms. The number of nitrogens with two attached hydrogens (primary N) is 1. The van der Waals surface area contributed by atoms with Crippen molar-refractivity contribution in [1.29, 1.82) is 0 Å². The second kappa shape index (κ2) is 11.5. The zero-order valence-electron chi connectivity index (χ0n) is 24.1. The number of thiophene rings is 1. The van der Waals surface area contributed by atoms with E-state index in [2.05, 4.69) is 4.98 Å². The number of primary amides is 1. The molecule has 4 aromatic rings. The number of carbonyl (C=O) groups excluding carboxylic acids is 1. The molecular weight excluding hydrogens is 563 g/mol. The summed E-state index contributed by atoms with van der Waals surface area (Å²) in [5.41, 5.74) is 3.88. The average molecular weight is 599 g/mol. The van der Waals surface area contributed by atoms with E-state index in [1.807, 2.05) is 0 Å². The van der Waals surface area contributed by atoms with Crippen molar-refractivity contribution >= 4 is 27.5 Å². The van der Waals surface area contributed by atoms with Crippen LogP contribution in [0.1, 0.15) is 63.0 Å². The number of ether oxygens (including phenoxy) is 1. The molecule has 0 unspecified atom stereocenters. The van der Waals surface area contributed by atoms with Crippen LogP contribution in [0.5, 0.6) is 5.75 Å². The summed E-state index contributed by atoms with van der Waals surface area (Å²) in [6.45, 7) is 4.70. The minimum Gasteiger partial charge on any atom is -0.496 e. The molecule has 3 aromatic heterocycles. The van der Waals surface area contributed by atoms with E-state index in [-0.39, 0.29) is 24.0 Å². The molecular formula is C30H35FN4O6S. The summed E-state index contributed by atoms with van der Waals surface area (Å²) >= 11 is 1.20. The number of oxazole rings is 1. The molecule has 3 N–H and O–H groups in total. The first kappa shape index (κ1) is 29.7. The van der Waals surface area contributed by atoms with Crippen molar-refractivity contribution in [2.45, 2.75) is 77.0 Å². The first-order chi connectivity index (χ1) is 19.9. The molecule has 1 aliphatic rings. The zero-order valence-corrected chi connectivity index (χ0v) is 24.9. The van der Waals surface area contributed by atoms with Crippen LogP contribution < -0.4 is 21.7 Å². The summed E-state index contributed by atoms with van der Waals surface area (Å²) in [7, 11) is 1.51. The van der Waals surface area contributed by atoms with E-state index in [0.717, 1.165) is 17.4 Å². The fourth-order valence-electron chi connectivity index (χ4n) is 5.98. The number of aliphatic hydroxyl groups excluding tert-OH is 1. The Labute approximate surface area is 245 Å². The van der Waals surface area contributed by atoms with E-state index in [4.69, 9.17) is 14.9 Å². The van der Waals surface area contributed by atoms with Crippen LogP contribution in [-0.4, -0.2) is 38.3 Å². The van der Waals surface area contributed by atoms with Gasteiger partial charge in [0.2, 0.25) is 11.8 Å². The minimum atomic E-state index is -1.63. The van der Waals surface area contributed by atoms with Crippen molar-refractivity contribution in [2.24, 2.45) is 11.7 Å². The third kappa shape index (κ3) is 5.29. The van der Waals surface area contributed by atoms with E-state index in [1.165, 1.54) is 61.5 Å². The molecule has 0 spiro atoms. The Hall–Kier alpha value is -3.77. The number of halogens is 1. The lowest BCUT2D eigenvalue weighted by atomic mass is 9.79. The number of aromatic nitrogens is 3. The molecule has 0 aliphatic heterocycles. The van der Waals surface area contributed by atoms with E-state index >= 15 is 0 Å². The Morgan fingerprint density at radius 2 is 2.00 bits per heavy atom. The molecule has 3 heterocycles. The van der Waals surface area contributed by atoms with E-state index in [0.29, 0.717) is 51.7 Å². The van der Waals surface area contributed by atoms with Gasteiger partial charge in [0.25, 0.3) is 5.56 Å². The number of fused-ring (bicyclic) bond motifs is 1. The lowest BCUT2D eigenvalue weighted by Gasteiger charge is -2.30. The van der Waals surface area contributed by atoms with Gasteiger partial charge in [-0.3, -0.25) is 14.2 Å². The summed E-state index contributed by atoms with van der Waals surface area (Å²) in [4.78, 5) is 45.9. The quantitative estimate of drug-likeness (QED) is 0.293. The van der Waals surface area contributed by atoms with Gasteiger partial charge in [-0.15, -0.1) is 11.3 Å². The predicted molar refractivity (Wildman–Crippen MR) is 157 cm³/mol. The van der Waals surface area contributed by atoms with Gasteiger partial charge in [0.05, 0.1) is 29.7 Å². The number of carbonyl (C=O) groups is 1. The van der Waals surface area contributed by atoms with Gasteiger partial charge in [-0.1, -0.05) is 0 Å². The van der Waals surface area contributed by atoms with Crippen LogP contribution >= 0.6 is 11.3 Å². The van der Waals surface area contributed by atoms with Crippen molar-refractivity contribution in [2.75, 3.05) is 7.11 Å². The normalized spacial score (nSPS) is 18.3. The van der Waals surface area contributed by atoms with Crippen molar-refractivity contribution in [3.63, 3.8) is 0 Å². The molecule has 42 heavy (non-hydrogen) atoms. The van der Waals surface area contributed by atoms with Crippen molar-refractivity contribution < 1.29 is 23.4 Å². The lowest BCUT2D eigenvalue weighted by molar-refractivity contribution is -0.125. The number of hydrogen-bond acceptors (Lipinski definition) is 8. The van der Waals surface area contributed by atoms with Crippen LogP contribution in [0.15, 0.2) is 44.7 Å². The van der Waals surface area contributed by atoms with E-state index < -0.39 is 34.4 Å². The maximum atomic E-state index is 14.7. The molecule has 1 atom stereocenters. The van der Waals surface area contributed by atoms with Gasteiger partial charge >= 0.3 is 5.69 Å². The summed E-state index contributed by atoms with van der Waals surface area (Å²) in [5, 5.41) is 10.3. The number of rotatable bonds is 9. The third-order valence-corrected chi connectivity index (χ3v) is 9.77. The van der Waals surface area contributed by atoms with Crippen LogP contribution in [0.25, 0.3) is 21.0 Å². The van der Waals surface area contributed by atoms with Gasteiger partial charge in [0.15, 0.2) is 0 Å². The molecule has 1 fully saturated rings. The van der Waals surface area contributed by atoms with Crippen molar-refractivity contribution in [1.82, 2.24) is 14.1 Å². The first-order valence-electron chi connectivity index (χ1n) is 13.9. The Morgan fingerprint density at radius 1 is 1.29 bits per heavy atom. The zero-order chi connectivity index (χ0) is 30.3. The van der Waals surface area contributed by atoms with E-state index in [9.17, 15) is 23.9 Å². The van der Waals surface area contributed by atoms with Crippen molar-refractivity contribution in [3.8, 4) is 16.5 Å². The molecule has 10 nitrogen and oxygen atoms in total. The molecule has 1 aliphatic carbocycles. The monoisotopic (exact) mass is 598 g/mol. The molecule has 224 valence electrons. The third-order valence-electron chi connectivity index (χ3n) is 8.47. The predicted octanol–water partition coefficient (Wildman–Crippen LogP) is 4.28. The van der Waals surface area contributed by atoms with E-state index in [1.54, 1.807) is 13.0 Å². The Bertz CT molecular complexity index is 1730. The highest BCUT2D eigenvalue weighted by Gasteiger charge is 2.35. The van der Waals surface area contributed by atoms with Crippen LogP contribution in [0, 0.1) is 18.7 Å². The largest absolute Gasteiger partial charge is 0.496 e. The number of amides is 1. The lowest BCUT2D eigenvalue weighted by Crippen LogP contribution is -2.54. The molecule has 0 radical (unpaired) electrons. The maximum absolute atomic E-state index is 14.7. The Balaban J connectivity index is 1.75. The second-order valence-corrected chi connectivity index (χ2v) is 12.5.